The maximum Gasteiger partial charge on any atom is 0.228 e. The van der Waals surface area contributed by atoms with E-state index in [0.29, 0.717) is 26.1 Å². The molecule has 3 heterocycles. The molecule has 3 aromatic rings. The van der Waals surface area contributed by atoms with Crippen molar-refractivity contribution in [3.8, 4) is 0 Å². The third-order valence-corrected chi connectivity index (χ3v) is 4.92. The standard InChI is InChI=1S/C19H23N5O2/c1-3-24-12-14(11-20-24)18-13-23(8-9-26-18)19(25)10-16-15-6-4-5-7-17(15)22(2)21-16/h4-7,11-12,18H,3,8-10,13H2,1-2H3/t18-/m0/s1. The van der Waals surface area contributed by atoms with E-state index in [1.54, 1.807) is 0 Å². The number of amides is 1. The molecule has 1 saturated heterocycles. The topological polar surface area (TPSA) is 65.2 Å². The van der Waals surface area contributed by atoms with Crippen molar-refractivity contribution >= 4 is 16.8 Å². The Morgan fingerprint density at radius 2 is 2.19 bits per heavy atom. The summed E-state index contributed by atoms with van der Waals surface area (Å²) in [7, 11) is 1.91. The van der Waals surface area contributed by atoms with E-state index in [4.69, 9.17) is 4.74 Å². The maximum absolute atomic E-state index is 12.9. The van der Waals surface area contributed by atoms with Gasteiger partial charge in [0.2, 0.25) is 5.91 Å². The van der Waals surface area contributed by atoms with Gasteiger partial charge in [-0.3, -0.25) is 14.2 Å². The molecule has 7 nitrogen and oxygen atoms in total. The van der Waals surface area contributed by atoms with Gasteiger partial charge in [-0.25, -0.2) is 0 Å². The minimum absolute atomic E-state index is 0.0880. The number of carbonyl (C=O) groups excluding carboxylic acids is 1. The minimum atomic E-state index is -0.117. The highest BCUT2D eigenvalue weighted by atomic mass is 16.5. The summed E-state index contributed by atoms with van der Waals surface area (Å²) >= 11 is 0. The van der Waals surface area contributed by atoms with Crippen molar-refractivity contribution in [3.05, 3.63) is 47.9 Å². The molecule has 4 rings (SSSR count). The molecule has 7 heteroatoms. The highest BCUT2D eigenvalue weighted by molar-refractivity contribution is 5.87. The molecule has 1 aromatic carbocycles. The summed E-state index contributed by atoms with van der Waals surface area (Å²) in [5.41, 5.74) is 2.89. The third-order valence-electron chi connectivity index (χ3n) is 4.92. The molecular weight excluding hydrogens is 330 g/mol. The van der Waals surface area contributed by atoms with Crippen LogP contribution in [0, 0.1) is 0 Å². The predicted molar refractivity (Wildman–Crippen MR) is 97.6 cm³/mol. The number of hydrogen-bond acceptors (Lipinski definition) is 4. The van der Waals surface area contributed by atoms with E-state index in [1.807, 2.05) is 64.9 Å². The van der Waals surface area contributed by atoms with Crippen LogP contribution < -0.4 is 0 Å². The van der Waals surface area contributed by atoms with Crippen molar-refractivity contribution < 1.29 is 9.53 Å². The summed E-state index contributed by atoms with van der Waals surface area (Å²) in [6.45, 7) is 4.57. The molecule has 0 spiro atoms. The van der Waals surface area contributed by atoms with Crippen LogP contribution in [0.2, 0.25) is 0 Å². The van der Waals surface area contributed by atoms with Crippen molar-refractivity contribution in [2.24, 2.45) is 7.05 Å². The van der Waals surface area contributed by atoms with Gasteiger partial charge in [-0.05, 0) is 13.0 Å². The molecule has 26 heavy (non-hydrogen) atoms. The number of carbonyl (C=O) groups is 1. The lowest BCUT2D eigenvalue weighted by Crippen LogP contribution is -2.43. The molecule has 1 aliphatic heterocycles. The number of hydrogen-bond donors (Lipinski definition) is 0. The lowest BCUT2D eigenvalue weighted by atomic mass is 10.1. The molecule has 0 N–H and O–H groups in total. The predicted octanol–water partition coefficient (Wildman–Crippen LogP) is 1.93. The van der Waals surface area contributed by atoms with Gasteiger partial charge < -0.3 is 9.64 Å². The number of ether oxygens (including phenoxy) is 1. The SMILES string of the molecule is CCn1cc([C@@H]2CN(C(=O)Cc3nn(C)c4ccccc34)CCO2)cn1. The Morgan fingerprint density at radius 1 is 1.35 bits per heavy atom. The summed E-state index contributed by atoms with van der Waals surface area (Å²) in [5, 5.41) is 9.88. The van der Waals surface area contributed by atoms with Crippen LogP contribution in [0.3, 0.4) is 0 Å². The van der Waals surface area contributed by atoms with Crippen LogP contribution in [0.15, 0.2) is 36.7 Å². The Labute approximate surface area is 152 Å². The Bertz CT molecular complexity index is 929. The van der Waals surface area contributed by atoms with E-state index >= 15 is 0 Å². The smallest absolute Gasteiger partial charge is 0.228 e. The zero-order chi connectivity index (χ0) is 18.1. The molecule has 0 aliphatic carbocycles. The quantitative estimate of drug-likeness (QED) is 0.719. The number of aromatic nitrogens is 4. The number of fused-ring (bicyclic) bond motifs is 1. The molecule has 136 valence electrons. The first kappa shape index (κ1) is 16.8. The number of aryl methyl sites for hydroxylation is 2. The van der Waals surface area contributed by atoms with E-state index in [2.05, 4.69) is 10.2 Å². The van der Waals surface area contributed by atoms with Crippen LogP contribution in [0.1, 0.15) is 24.3 Å². The summed E-state index contributed by atoms with van der Waals surface area (Å²) in [6, 6.07) is 8.01. The van der Waals surface area contributed by atoms with Gasteiger partial charge >= 0.3 is 0 Å². The second kappa shape index (κ2) is 6.92. The molecule has 0 unspecified atom stereocenters. The van der Waals surface area contributed by atoms with Gasteiger partial charge in [-0.1, -0.05) is 18.2 Å². The van der Waals surface area contributed by atoms with Crippen LogP contribution in [-0.4, -0.2) is 50.1 Å². The van der Waals surface area contributed by atoms with Crippen molar-refractivity contribution in [1.29, 1.82) is 0 Å². The fourth-order valence-corrected chi connectivity index (χ4v) is 3.47. The van der Waals surface area contributed by atoms with Gasteiger partial charge in [0.1, 0.15) is 6.10 Å². The first-order valence-electron chi connectivity index (χ1n) is 8.98. The van der Waals surface area contributed by atoms with Crippen molar-refractivity contribution in [1.82, 2.24) is 24.5 Å². The molecular formula is C19H23N5O2. The van der Waals surface area contributed by atoms with Crippen molar-refractivity contribution in [2.75, 3.05) is 19.7 Å². The molecule has 1 atom stereocenters. The molecule has 0 saturated carbocycles. The fourth-order valence-electron chi connectivity index (χ4n) is 3.47. The lowest BCUT2D eigenvalue weighted by molar-refractivity contribution is -0.138. The Hall–Kier alpha value is -2.67. The van der Waals surface area contributed by atoms with Gasteiger partial charge in [-0.2, -0.15) is 10.2 Å². The van der Waals surface area contributed by atoms with Crippen molar-refractivity contribution in [3.63, 3.8) is 0 Å². The summed E-state index contributed by atoms with van der Waals surface area (Å²) in [5.74, 6) is 0.0880. The summed E-state index contributed by atoms with van der Waals surface area (Å²) < 4.78 is 9.57. The van der Waals surface area contributed by atoms with E-state index in [0.717, 1.165) is 28.7 Å². The average molecular weight is 353 g/mol. The van der Waals surface area contributed by atoms with Gasteiger partial charge in [-0.15, -0.1) is 0 Å². The molecule has 1 aliphatic rings. The van der Waals surface area contributed by atoms with Crippen LogP contribution in [0.4, 0.5) is 0 Å². The Balaban J connectivity index is 1.49. The Morgan fingerprint density at radius 3 is 3.00 bits per heavy atom. The van der Waals surface area contributed by atoms with E-state index in [9.17, 15) is 4.79 Å². The average Bonchev–Trinajstić information content (AvgIpc) is 3.28. The Kier molecular flexibility index (Phi) is 4.46. The first-order valence-corrected chi connectivity index (χ1v) is 8.98. The second-order valence-corrected chi connectivity index (χ2v) is 6.59. The normalized spacial score (nSPS) is 17.8. The zero-order valence-corrected chi connectivity index (χ0v) is 15.1. The van der Waals surface area contributed by atoms with Crippen LogP contribution >= 0.6 is 0 Å². The third kappa shape index (κ3) is 3.10. The van der Waals surface area contributed by atoms with Gasteiger partial charge in [0.05, 0.1) is 37.0 Å². The highest BCUT2D eigenvalue weighted by Crippen LogP contribution is 2.23. The number of benzene rings is 1. The summed E-state index contributed by atoms with van der Waals surface area (Å²) in [4.78, 5) is 14.7. The van der Waals surface area contributed by atoms with Crippen LogP contribution in [-0.2, 0) is 29.5 Å². The van der Waals surface area contributed by atoms with E-state index in [1.165, 1.54) is 0 Å². The van der Waals surface area contributed by atoms with Crippen LogP contribution in [0.25, 0.3) is 10.9 Å². The first-order chi connectivity index (χ1) is 12.7. The lowest BCUT2D eigenvalue weighted by Gasteiger charge is -2.32. The molecule has 1 fully saturated rings. The van der Waals surface area contributed by atoms with Crippen molar-refractivity contribution in [2.45, 2.75) is 26.0 Å². The van der Waals surface area contributed by atoms with Gasteiger partial charge in [0.25, 0.3) is 0 Å². The number of para-hydroxylation sites is 1. The number of nitrogens with zero attached hydrogens (tertiary/aromatic N) is 5. The summed E-state index contributed by atoms with van der Waals surface area (Å²) in [6.07, 6.45) is 4.01. The zero-order valence-electron chi connectivity index (χ0n) is 15.1. The minimum Gasteiger partial charge on any atom is -0.370 e. The monoisotopic (exact) mass is 353 g/mol. The van der Waals surface area contributed by atoms with E-state index in [-0.39, 0.29) is 12.0 Å². The second-order valence-electron chi connectivity index (χ2n) is 6.59. The van der Waals surface area contributed by atoms with Crippen LogP contribution in [0.5, 0.6) is 0 Å². The van der Waals surface area contributed by atoms with Gasteiger partial charge in [0, 0.05) is 37.3 Å². The molecule has 0 radical (unpaired) electrons. The maximum atomic E-state index is 12.9. The largest absolute Gasteiger partial charge is 0.370 e. The number of morpholine rings is 1. The molecule has 1 amide bonds. The van der Waals surface area contributed by atoms with E-state index < -0.39 is 0 Å². The number of rotatable bonds is 4. The molecule has 2 aromatic heterocycles. The molecule has 0 bridgehead atoms. The fraction of sp³-hybridized carbons (Fsp3) is 0.421. The highest BCUT2D eigenvalue weighted by Gasteiger charge is 2.27. The van der Waals surface area contributed by atoms with Gasteiger partial charge in [0.15, 0.2) is 0 Å².